The van der Waals surface area contributed by atoms with E-state index in [4.69, 9.17) is 9.63 Å². The summed E-state index contributed by atoms with van der Waals surface area (Å²) in [6, 6.07) is 1.82. The minimum atomic E-state index is -0.770. The van der Waals surface area contributed by atoms with Crippen molar-refractivity contribution in [1.29, 1.82) is 0 Å². The molecule has 1 N–H and O–H groups in total. The average Bonchev–Trinajstić information content (AvgIpc) is 2.52. The molecule has 0 fully saturated rings. The molecule has 0 spiro atoms. The second-order valence-corrected chi connectivity index (χ2v) is 4.17. The van der Waals surface area contributed by atoms with Crippen LogP contribution in [0.15, 0.2) is 10.6 Å². The molecule has 14 heavy (non-hydrogen) atoms. The molecule has 0 aromatic carbocycles. The number of carboxylic acids is 1. The van der Waals surface area contributed by atoms with E-state index in [1.807, 2.05) is 19.9 Å². The van der Waals surface area contributed by atoms with Crippen molar-refractivity contribution in [2.75, 3.05) is 0 Å². The maximum absolute atomic E-state index is 10.7. The monoisotopic (exact) mass is 215 g/mol. The number of aryl methyl sites for hydroxylation is 1. The first-order chi connectivity index (χ1) is 6.63. The van der Waals surface area contributed by atoms with Gasteiger partial charge in [-0.1, -0.05) is 12.1 Å². The molecule has 0 bridgehead atoms. The maximum Gasteiger partial charge on any atom is 0.316 e. The van der Waals surface area contributed by atoms with Gasteiger partial charge in [0.1, 0.15) is 11.0 Å². The zero-order valence-corrected chi connectivity index (χ0v) is 9.00. The van der Waals surface area contributed by atoms with Crippen LogP contribution in [0.25, 0.3) is 0 Å². The van der Waals surface area contributed by atoms with E-state index < -0.39 is 5.97 Å². The third kappa shape index (κ3) is 3.06. The van der Waals surface area contributed by atoms with Gasteiger partial charge in [0, 0.05) is 6.07 Å². The summed E-state index contributed by atoms with van der Waals surface area (Å²) in [4.78, 5) is 10.7. The molecule has 0 aliphatic heterocycles. The van der Waals surface area contributed by atoms with E-state index >= 15 is 0 Å². The fourth-order valence-electron chi connectivity index (χ4n) is 1.03. The topological polar surface area (TPSA) is 63.3 Å². The van der Waals surface area contributed by atoms with Gasteiger partial charge >= 0.3 is 5.97 Å². The maximum atomic E-state index is 10.7. The molecule has 1 rings (SSSR count). The largest absolute Gasteiger partial charge is 0.480 e. The zero-order chi connectivity index (χ0) is 10.6. The van der Waals surface area contributed by atoms with Crippen LogP contribution in [0, 0.1) is 6.92 Å². The SMILES string of the molecule is CCC(SCc1cc(C)no1)C(=O)O. The highest BCUT2D eigenvalue weighted by Crippen LogP contribution is 2.20. The van der Waals surface area contributed by atoms with Crippen LogP contribution in [0.2, 0.25) is 0 Å². The molecule has 0 aliphatic rings. The number of nitrogens with zero attached hydrogens (tertiary/aromatic N) is 1. The summed E-state index contributed by atoms with van der Waals surface area (Å²) < 4.78 is 4.98. The summed E-state index contributed by atoms with van der Waals surface area (Å²) in [5, 5.41) is 12.2. The van der Waals surface area contributed by atoms with Crippen LogP contribution < -0.4 is 0 Å². The molecule has 0 amide bonds. The number of hydrogen-bond donors (Lipinski definition) is 1. The van der Waals surface area contributed by atoms with E-state index in [0.717, 1.165) is 11.5 Å². The quantitative estimate of drug-likeness (QED) is 0.814. The predicted molar refractivity (Wildman–Crippen MR) is 54.2 cm³/mol. The molecular formula is C9H13NO3S. The number of aliphatic carboxylic acids is 1. The lowest BCUT2D eigenvalue weighted by molar-refractivity contribution is -0.136. The van der Waals surface area contributed by atoms with Crippen LogP contribution in [0.5, 0.6) is 0 Å². The Labute approximate surface area is 86.7 Å². The van der Waals surface area contributed by atoms with Gasteiger partial charge in [0.25, 0.3) is 0 Å². The number of aromatic nitrogens is 1. The zero-order valence-electron chi connectivity index (χ0n) is 8.19. The minimum absolute atomic E-state index is 0.361. The van der Waals surface area contributed by atoms with Gasteiger partial charge in [0.15, 0.2) is 0 Å². The fourth-order valence-corrected chi connectivity index (χ4v) is 1.91. The molecule has 1 unspecified atom stereocenters. The van der Waals surface area contributed by atoms with Crippen LogP contribution in [0.1, 0.15) is 24.8 Å². The lowest BCUT2D eigenvalue weighted by Crippen LogP contribution is -2.14. The van der Waals surface area contributed by atoms with Crippen LogP contribution in [-0.2, 0) is 10.5 Å². The van der Waals surface area contributed by atoms with Crippen LogP contribution in [0.3, 0.4) is 0 Å². The van der Waals surface area contributed by atoms with E-state index in [9.17, 15) is 4.79 Å². The third-order valence-electron chi connectivity index (χ3n) is 1.75. The fraction of sp³-hybridized carbons (Fsp3) is 0.556. The van der Waals surface area contributed by atoms with Crippen molar-refractivity contribution in [1.82, 2.24) is 5.16 Å². The van der Waals surface area contributed by atoms with Crippen molar-refractivity contribution in [2.24, 2.45) is 0 Å². The molecule has 1 heterocycles. The van der Waals surface area contributed by atoms with Crippen molar-refractivity contribution in [2.45, 2.75) is 31.3 Å². The number of rotatable bonds is 5. The summed E-state index contributed by atoms with van der Waals surface area (Å²) in [6.07, 6.45) is 0.618. The van der Waals surface area contributed by atoms with E-state index in [-0.39, 0.29) is 5.25 Å². The molecule has 4 nitrogen and oxygen atoms in total. The first-order valence-electron chi connectivity index (χ1n) is 4.40. The number of carbonyl (C=O) groups is 1. The van der Waals surface area contributed by atoms with Crippen molar-refractivity contribution in [3.8, 4) is 0 Å². The van der Waals surface area contributed by atoms with Gasteiger partial charge in [0.2, 0.25) is 0 Å². The van der Waals surface area contributed by atoms with Crippen LogP contribution >= 0.6 is 11.8 Å². The molecule has 0 aliphatic carbocycles. The molecule has 1 aromatic rings. The van der Waals surface area contributed by atoms with Crippen LogP contribution in [-0.4, -0.2) is 21.5 Å². The predicted octanol–water partition coefficient (Wildman–Crippen LogP) is 2.08. The Hall–Kier alpha value is -0.970. The third-order valence-corrected chi connectivity index (χ3v) is 3.14. The van der Waals surface area contributed by atoms with Crippen molar-refractivity contribution in [3.05, 3.63) is 17.5 Å². The van der Waals surface area contributed by atoms with Gasteiger partial charge in [-0.05, 0) is 13.3 Å². The van der Waals surface area contributed by atoms with E-state index in [1.54, 1.807) is 0 Å². The molecule has 78 valence electrons. The molecule has 1 atom stereocenters. The summed E-state index contributed by atoms with van der Waals surface area (Å²) in [5.41, 5.74) is 0.823. The van der Waals surface area contributed by atoms with Gasteiger partial charge in [0.05, 0.1) is 11.4 Å². The van der Waals surface area contributed by atoms with E-state index in [2.05, 4.69) is 5.16 Å². The Balaban J connectivity index is 2.43. The van der Waals surface area contributed by atoms with Crippen LogP contribution in [0.4, 0.5) is 0 Å². The molecule has 0 saturated heterocycles. The van der Waals surface area contributed by atoms with Crippen molar-refractivity contribution < 1.29 is 14.4 Å². The first kappa shape index (κ1) is 11.1. The Bertz CT molecular complexity index is 311. The summed E-state index contributed by atoms with van der Waals surface area (Å²) in [6.45, 7) is 3.70. The lowest BCUT2D eigenvalue weighted by atomic mass is 10.3. The summed E-state index contributed by atoms with van der Waals surface area (Å²) in [7, 11) is 0. The Morgan fingerprint density at radius 1 is 1.79 bits per heavy atom. The normalized spacial score (nSPS) is 12.7. The Morgan fingerprint density at radius 3 is 2.93 bits per heavy atom. The standard InChI is InChI=1S/C9H13NO3S/c1-3-8(9(11)12)14-5-7-4-6(2)10-13-7/h4,8H,3,5H2,1-2H3,(H,11,12). The Kier molecular flexibility index (Phi) is 4.00. The van der Waals surface area contributed by atoms with Gasteiger partial charge < -0.3 is 9.63 Å². The molecule has 1 aromatic heterocycles. The van der Waals surface area contributed by atoms with Crippen molar-refractivity contribution in [3.63, 3.8) is 0 Å². The summed E-state index contributed by atoms with van der Waals surface area (Å²) >= 11 is 1.36. The lowest BCUT2D eigenvalue weighted by Gasteiger charge is -2.06. The molecule has 0 saturated carbocycles. The smallest absolute Gasteiger partial charge is 0.316 e. The highest BCUT2D eigenvalue weighted by Gasteiger charge is 2.16. The Morgan fingerprint density at radius 2 is 2.50 bits per heavy atom. The second-order valence-electron chi connectivity index (χ2n) is 2.98. The van der Waals surface area contributed by atoms with E-state index in [1.165, 1.54) is 11.8 Å². The minimum Gasteiger partial charge on any atom is -0.480 e. The molecule has 5 heteroatoms. The highest BCUT2D eigenvalue weighted by molar-refractivity contribution is 7.99. The van der Waals surface area contributed by atoms with Gasteiger partial charge in [-0.2, -0.15) is 0 Å². The summed E-state index contributed by atoms with van der Waals surface area (Å²) in [5.74, 6) is 0.520. The number of carboxylic acid groups (broad SMARTS) is 1. The van der Waals surface area contributed by atoms with Crippen molar-refractivity contribution >= 4 is 17.7 Å². The average molecular weight is 215 g/mol. The van der Waals surface area contributed by atoms with E-state index in [0.29, 0.717) is 12.2 Å². The van der Waals surface area contributed by atoms with Gasteiger partial charge in [-0.3, -0.25) is 4.79 Å². The number of thioether (sulfide) groups is 1. The first-order valence-corrected chi connectivity index (χ1v) is 5.45. The number of hydrogen-bond acceptors (Lipinski definition) is 4. The molecular weight excluding hydrogens is 202 g/mol. The molecule has 0 radical (unpaired) electrons. The van der Waals surface area contributed by atoms with Gasteiger partial charge in [-0.25, -0.2) is 0 Å². The second kappa shape index (κ2) is 5.05. The van der Waals surface area contributed by atoms with Gasteiger partial charge in [-0.15, -0.1) is 11.8 Å². The highest BCUT2D eigenvalue weighted by atomic mass is 32.2.